The predicted molar refractivity (Wildman–Crippen MR) is 85.7 cm³/mol. The van der Waals surface area contributed by atoms with Gasteiger partial charge in [-0.1, -0.05) is 6.07 Å². The first kappa shape index (κ1) is 13.4. The van der Waals surface area contributed by atoms with E-state index in [0.29, 0.717) is 17.9 Å². The van der Waals surface area contributed by atoms with Gasteiger partial charge >= 0.3 is 5.97 Å². The second-order valence-electron chi connectivity index (χ2n) is 5.20. The van der Waals surface area contributed by atoms with Gasteiger partial charge in [0.25, 0.3) is 0 Å². The fourth-order valence-corrected chi connectivity index (χ4v) is 2.68. The normalized spacial score (nSPS) is 11.1. The number of aromatic carboxylic acids is 1. The van der Waals surface area contributed by atoms with E-state index in [1.165, 1.54) is 0 Å². The minimum Gasteiger partial charge on any atom is -0.476 e. The molecule has 4 aromatic rings. The summed E-state index contributed by atoms with van der Waals surface area (Å²) in [5.74, 6) is -0.999. The van der Waals surface area contributed by atoms with Crippen LogP contribution in [0.4, 0.5) is 5.69 Å². The van der Waals surface area contributed by atoms with Crippen molar-refractivity contribution >= 4 is 28.3 Å². The van der Waals surface area contributed by atoms with Crippen LogP contribution in [0.3, 0.4) is 0 Å². The van der Waals surface area contributed by atoms with E-state index in [-0.39, 0.29) is 5.69 Å². The smallest absolute Gasteiger partial charge is 0.355 e. The van der Waals surface area contributed by atoms with Gasteiger partial charge in [0.2, 0.25) is 0 Å². The Morgan fingerprint density at radius 3 is 3.04 bits per heavy atom. The molecule has 3 aromatic heterocycles. The van der Waals surface area contributed by atoms with Crippen molar-refractivity contribution in [2.24, 2.45) is 0 Å². The molecule has 0 saturated carbocycles. The van der Waals surface area contributed by atoms with Crippen LogP contribution in [0.25, 0.3) is 16.6 Å². The highest BCUT2D eigenvalue weighted by Gasteiger charge is 2.14. The maximum absolute atomic E-state index is 11.6. The summed E-state index contributed by atoms with van der Waals surface area (Å²) in [6, 6.07) is 11.3. The van der Waals surface area contributed by atoms with Crippen LogP contribution in [0.1, 0.15) is 16.1 Å². The van der Waals surface area contributed by atoms with E-state index < -0.39 is 5.97 Å². The maximum atomic E-state index is 11.6. The molecular formula is C17H13N3O3. The largest absolute Gasteiger partial charge is 0.476 e. The zero-order valence-electron chi connectivity index (χ0n) is 12.1. The van der Waals surface area contributed by atoms with Gasteiger partial charge in [0.15, 0.2) is 5.69 Å². The average Bonchev–Trinajstić information content (AvgIpc) is 3.19. The van der Waals surface area contributed by atoms with E-state index in [1.54, 1.807) is 35.2 Å². The summed E-state index contributed by atoms with van der Waals surface area (Å²) in [4.78, 5) is 15.7. The number of nitrogens with zero attached hydrogens (tertiary/aromatic N) is 2. The van der Waals surface area contributed by atoms with Gasteiger partial charge in [-0.15, -0.1) is 0 Å². The molecule has 114 valence electrons. The Labute approximate surface area is 131 Å². The quantitative estimate of drug-likeness (QED) is 0.604. The molecule has 23 heavy (non-hydrogen) atoms. The van der Waals surface area contributed by atoms with Crippen molar-refractivity contribution in [3.05, 3.63) is 66.3 Å². The highest BCUT2D eigenvalue weighted by atomic mass is 16.4. The first-order chi connectivity index (χ1) is 11.2. The molecule has 0 aliphatic carbocycles. The molecule has 0 unspecified atom stereocenters. The van der Waals surface area contributed by atoms with Gasteiger partial charge in [0.05, 0.1) is 12.0 Å². The number of pyridine rings is 1. The summed E-state index contributed by atoms with van der Waals surface area (Å²) >= 11 is 0. The number of furan rings is 1. The van der Waals surface area contributed by atoms with E-state index in [0.717, 1.165) is 16.5 Å². The monoisotopic (exact) mass is 307 g/mol. The van der Waals surface area contributed by atoms with Crippen LogP contribution in [-0.2, 0) is 6.54 Å². The number of carboxylic acid groups (broad SMARTS) is 1. The molecule has 0 aliphatic heterocycles. The lowest BCUT2D eigenvalue weighted by Gasteiger charge is -2.11. The number of hydrogen-bond acceptors (Lipinski definition) is 4. The van der Waals surface area contributed by atoms with Crippen molar-refractivity contribution in [3.8, 4) is 0 Å². The minimum atomic E-state index is -0.999. The SMILES string of the molecule is O=C(O)c1c(NCc2ccc3occc3c2)ccc2nccn12. The summed E-state index contributed by atoms with van der Waals surface area (Å²) < 4.78 is 6.88. The zero-order chi connectivity index (χ0) is 15.8. The Hall–Kier alpha value is -3.28. The van der Waals surface area contributed by atoms with Gasteiger partial charge < -0.3 is 14.8 Å². The first-order valence-corrected chi connectivity index (χ1v) is 7.12. The minimum absolute atomic E-state index is 0.171. The van der Waals surface area contributed by atoms with Gasteiger partial charge in [-0.25, -0.2) is 9.78 Å². The molecule has 0 atom stereocenters. The maximum Gasteiger partial charge on any atom is 0.355 e. The highest BCUT2D eigenvalue weighted by molar-refractivity contribution is 5.93. The number of benzene rings is 1. The number of fused-ring (bicyclic) bond motifs is 2. The van der Waals surface area contributed by atoms with Gasteiger partial charge in [-0.05, 0) is 35.9 Å². The number of nitrogens with one attached hydrogen (secondary N) is 1. The molecule has 0 saturated heterocycles. The van der Waals surface area contributed by atoms with Crippen LogP contribution < -0.4 is 5.32 Å². The van der Waals surface area contributed by atoms with Crippen molar-refractivity contribution in [3.63, 3.8) is 0 Å². The number of carboxylic acids is 1. The molecule has 6 nitrogen and oxygen atoms in total. The van der Waals surface area contributed by atoms with Crippen LogP contribution in [0.2, 0.25) is 0 Å². The second-order valence-corrected chi connectivity index (χ2v) is 5.20. The third kappa shape index (κ3) is 2.30. The number of hydrogen-bond donors (Lipinski definition) is 2. The topological polar surface area (TPSA) is 79.8 Å². The van der Waals surface area contributed by atoms with Crippen LogP contribution in [-0.4, -0.2) is 20.5 Å². The summed E-state index contributed by atoms with van der Waals surface area (Å²) in [5.41, 5.74) is 3.20. The first-order valence-electron chi connectivity index (χ1n) is 7.12. The summed E-state index contributed by atoms with van der Waals surface area (Å²) in [6.07, 6.45) is 4.87. The van der Waals surface area contributed by atoms with Crippen molar-refractivity contribution in [1.29, 1.82) is 0 Å². The molecule has 0 bridgehead atoms. The van der Waals surface area contributed by atoms with E-state index in [1.807, 2.05) is 24.3 Å². The van der Waals surface area contributed by atoms with Gasteiger partial charge in [0.1, 0.15) is 11.2 Å². The highest BCUT2D eigenvalue weighted by Crippen LogP contribution is 2.21. The van der Waals surface area contributed by atoms with E-state index in [4.69, 9.17) is 4.42 Å². The Bertz CT molecular complexity index is 1020. The van der Waals surface area contributed by atoms with Crippen LogP contribution >= 0.6 is 0 Å². The Balaban J connectivity index is 1.66. The average molecular weight is 307 g/mol. The fraction of sp³-hybridized carbons (Fsp3) is 0.0588. The molecule has 0 aliphatic rings. The van der Waals surface area contributed by atoms with Gasteiger partial charge in [0, 0.05) is 24.3 Å². The van der Waals surface area contributed by atoms with Crippen molar-refractivity contribution in [2.45, 2.75) is 6.54 Å². The van der Waals surface area contributed by atoms with Gasteiger partial charge in [-0.3, -0.25) is 4.40 Å². The summed E-state index contributed by atoms with van der Waals surface area (Å²) in [6.45, 7) is 0.515. The molecule has 0 spiro atoms. The predicted octanol–water partition coefficient (Wildman–Crippen LogP) is 3.39. The fourth-order valence-electron chi connectivity index (χ4n) is 2.68. The summed E-state index contributed by atoms with van der Waals surface area (Å²) in [7, 11) is 0. The summed E-state index contributed by atoms with van der Waals surface area (Å²) in [5, 5.41) is 13.7. The molecule has 1 aromatic carbocycles. The zero-order valence-corrected chi connectivity index (χ0v) is 12.1. The molecule has 4 rings (SSSR count). The lowest BCUT2D eigenvalue weighted by molar-refractivity contribution is 0.0690. The third-order valence-electron chi connectivity index (χ3n) is 3.77. The molecular weight excluding hydrogens is 294 g/mol. The number of aromatic nitrogens is 2. The Morgan fingerprint density at radius 1 is 1.26 bits per heavy atom. The number of imidazole rings is 1. The van der Waals surface area contributed by atoms with Crippen molar-refractivity contribution in [1.82, 2.24) is 9.38 Å². The molecule has 0 radical (unpaired) electrons. The van der Waals surface area contributed by atoms with E-state index in [9.17, 15) is 9.90 Å². The molecule has 0 fully saturated rings. The van der Waals surface area contributed by atoms with Crippen LogP contribution in [0, 0.1) is 0 Å². The van der Waals surface area contributed by atoms with Crippen LogP contribution in [0.5, 0.6) is 0 Å². The second kappa shape index (κ2) is 5.17. The Kier molecular flexibility index (Phi) is 3.01. The number of anilines is 1. The lowest BCUT2D eigenvalue weighted by atomic mass is 10.1. The van der Waals surface area contributed by atoms with Crippen molar-refractivity contribution < 1.29 is 14.3 Å². The third-order valence-corrected chi connectivity index (χ3v) is 3.77. The van der Waals surface area contributed by atoms with Crippen molar-refractivity contribution in [2.75, 3.05) is 5.32 Å². The lowest BCUT2D eigenvalue weighted by Crippen LogP contribution is -2.11. The number of carbonyl (C=O) groups is 1. The molecule has 6 heteroatoms. The molecule has 2 N–H and O–H groups in total. The van der Waals surface area contributed by atoms with Gasteiger partial charge in [-0.2, -0.15) is 0 Å². The van der Waals surface area contributed by atoms with Crippen LogP contribution in [0.15, 0.2) is 59.5 Å². The van der Waals surface area contributed by atoms with E-state index in [2.05, 4.69) is 10.3 Å². The standard InChI is InChI=1S/C17H13N3O3/c21-17(22)16-13(2-4-15-18-6-7-20(15)16)19-10-11-1-3-14-12(9-11)5-8-23-14/h1-9,19H,10H2,(H,21,22). The molecule has 3 heterocycles. The van der Waals surface area contributed by atoms with E-state index >= 15 is 0 Å². The Morgan fingerprint density at radius 2 is 2.17 bits per heavy atom. The molecule has 0 amide bonds. The number of rotatable bonds is 4.